The molecule has 5 rings (SSSR count). The van der Waals surface area contributed by atoms with Crippen LogP contribution in [0.15, 0.2) is 60.2 Å². The monoisotopic (exact) mass is 1120 g/mol. The molecule has 440 valence electrons. The average molecular weight is 1120 g/mol. The van der Waals surface area contributed by atoms with Crippen LogP contribution in [-0.4, -0.2) is 150 Å². The lowest BCUT2D eigenvalue weighted by atomic mass is 9.87. The highest BCUT2D eigenvalue weighted by Gasteiger charge is 2.58. The lowest BCUT2D eigenvalue weighted by Crippen LogP contribution is -2.50. The molecule has 0 bridgehead atoms. The van der Waals surface area contributed by atoms with Gasteiger partial charge in [-0.25, -0.2) is 9.59 Å². The van der Waals surface area contributed by atoms with Crippen molar-refractivity contribution in [2.45, 2.75) is 180 Å². The topological polar surface area (TPSA) is 330 Å². The van der Waals surface area contributed by atoms with E-state index in [0.717, 1.165) is 5.57 Å². The number of esters is 1. The summed E-state index contributed by atoms with van der Waals surface area (Å²) in [6.07, 6.45) is 7.92. The first-order chi connectivity index (χ1) is 37.9. The van der Waals surface area contributed by atoms with Crippen molar-refractivity contribution in [2.24, 2.45) is 23.5 Å². The first-order valence-corrected chi connectivity index (χ1v) is 27.6. The SMILES string of the molecule is CC(=O)O[C@@H](C)/C=C\C(=O)N[C@@H]1C[C@H](C)[C@H](C/C=C(C)/C=C/[C@H]2O[C@H](CC(=O)CNC(=O)OCc3ccc(NC(=O)[C@H](CNC(N)=O)CC(=O)[C@@H](NC(=O)CCCCCN4C(=O)CCC4=O)C(C)C)cc3)C[C@@]3(CO3)[C@@H]2O)O[C@@H]1C. The van der Waals surface area contributed by atoms with Crippen molar-refractivity contribution < 1.29 is 76.7 Å². The van der Waals surface area contributed by atoms with E-state index in [1.165, 1.54) is 24.0 Å². The Morgan fingerprint density at radius 1 is 0.938 bits per heavy atom. The molecule has 23 nitrogen and oxygen atoms in total. The van der Waals surface area contributed by atoms with E-state index in [-0.39, 0.29) is 111 Å². The minimum absolute atomic E-state index is 0.0509. The molecule has 80 heavy (non-hydrogen) atoms. The third kappa shape index (κ3) is 20.7. The Hall–Kier alpha value is -6.82. The van der Waals surface area contributed by atoms with Crippen molar-refractivity contribution in [1.82, 2.24) is 26.2 Å². The average Bonchev–Trinajstić information content (AvgIpc) is 4.10. The van der Waals surface area contributed by atoms with E-state index in [9.17, 15) is 53.1 Å². The number of hydrogen-bond donors (Lipinski definition) is 7. The van der Waals surface area contributed by atoms with Gasteiger partial charge in [-0.3, -0.25) is 43.3 Å². The van der Waals surface area contributed by atoms with Gasteiger partial charge in [0.1, 0.15) is 30.5 Å². The number of nitrogens with two attached hydrogens (primary N) is 1. The second-order valence-corrected chi connectivity index (χ2v) is 21.7. The van der Waals surface area contributed by atoms with E-state index in [2.05, 4.69) is 33.5 Å². The number of epoxide rings is 1. The number of anilines is 1. The van der Waals surface area contributed by atoms with Crippen LogP contribution < -0.4 is 32.3 Å². The molecule has 8 N–H and O–H groups in total. The number of likely N-dealkylation sites (tertiary alicyclic amines) is 1. The summed E-state index contributed by atoms with van der Waals surface area (Å²) in [7, 11) is 0. The molecule has 4 fully saturated rings. The number of aliphatic hydroxyl groups excluding tert-OH is 1. The number of nitrogens with one attached hydrogen (secondary N) is 5. The molecule has 4 heterocycles. The Balaban J connectivity index is 1.02. The van der Waals surface area contributed by atoms with Crippen LogP contribution >= 0.6 is 0 Å². The molecule has 1 aromatic carbocycles. The number of imide groups is 1. The van der Waals surface area contributed by atoms with Gasteiger partial charge in [0.25, 0.3) is 0 Å². The third-order valence-corrected chi connectivity index (χ3v) is 14.5. The van der Waals surface area contributed by atoms with E-state index in [1.807, 2.05) is 26.0 Å². The highest BCUT2D eigenvalue weighted by atomic mass is 16.6. The van der Waals surface area contributed by atoms with Gasteiger partial charge in [0, 0.05) is 70.3 Å². The van der Waals surface area contributed by atoms with E-state index in [0.29, 0.717) is 62.9 Å². The molecule has 0 saturated carbocycles. The lowest BCUT2D eigenvalue weighted by Gasteiger charge is -2.39. The summed E-state index contributed by atoms with van der Waals surface area (Å²) in [5.41, 5.74) is 6.25. The number of hydrogen-bond acceptors (Lipinski definition) is 16. The first kappa shape index (κ1) is 64.0. The van der Waals surface area contributed by atoms with Gasteiger partial charge in [-0.1, -0.05) is 63.1 Å². The summed E-state index contributed by atoms with van der Waals surface area (Å²) >= 11 is 0. The lowest BCUT2D eigenvalue weighted by molar-refractivity contribution is -0.144. The number of Topliss-reactive ketones (excluding diaryl/α,β-unsaturated/α-hetero) is 2. The molecule has 4 saturated heterocycles. The zero-order valence-corrected chi connectivity index (χ0v) is 47.0. The Morgan fingerprint density at radius 2 is 1.64 bits per heavy atom. The molecule has 0 unspecified atom stereocenters. The zero-order chi connectivity index (χ0) is 58.7. The van der Waals surface area contributed by atoms with E-state index >= 15 is 0 Å². The predicted octanol–water partition coefficient (Wildman–Crippen LogP) is 3.89. The smallest absolute Gasteiger partial charge is 0.407 e. The van der Waals surface area contributed by atoms with Gasteiger partial charge in [-0.15, -0.1) is 0 Å². The van der Waals surface area contributed by atoms with E-state index < -0.39 is 71.8 Å². The fourth-order valence-electron chi connectivity index (χ4n) is 9.83. The number of ether oxygens (including phenoxy) is 5. The van der Waals surface area contributed by atoms with Crippen LogP contribution in [0.1, 0.15) is 125 Å². The number of ketones is 2. The van der Waals surface area contributed by atoms with Crippen molar-refractivity contribution >= 4 is 64.9 Å². The number of carbonyl (C=O) groups excluding carboxylic acids is 10. The summed E-state index contributed by atoms with van der Waals surface area (Å²) in [6, 6.07) is 4.30. The van der Waals surface area contributed by atoms with Crippen molar-refractivity contribution in [2.75, 3.05) is 31.6 Å². The van der Waals surface area contributed by atoms with Gasteiger partial charge in [0.2, 0.25) is 29.5 Å². The summed E-state index contributed by atoms with van der Waals surface area (Å²) in [6.45, 7) is 12.3. The number of allylic oxidation sites excluding steroid dienone is 2. The molecule has 1 aromatic rings. The highest BCUT2D eigenvalue weighted by Crippen LogP contribution is 2.43. The summed E-state index contributed by atoms with van der Waals surface area (Å²) in [4.78, 5) is 126. The van der Waals surface area contributed by atoms with E-state index in [1.54, 1.807) is 51.1 Å². The number of carbonyl (C=O) groups is 10. The summed E-state index contributed by atoms with van der Waals surface area (Å²) in [5.74, 6) is -4.06. The maximum Gasteiger partial charge on any atom is 0.407 e. The molecule has 8 amide bonds. The minimum atomic E-state index is -1.06. The van der Waals surface area contributed by atoms with Gasteiger partial charge < -0.3 is 61.1 Å². The number of primary amides is 1. The summed E-state index contributed by atoms with van der Waals surface area (Å²) < 4.78 is 28.5. The molecule has 0 radical (unpaired) electrons. The molecule has 23 heteroatoms. The van der Waals surface area contributed by atoms with Crippen molar-refractivity contribution in [3.05, 3.63) is 65.8 Å². The molecule has 0 aromatic heterocycles. The number of unbranched alkanes of at least 4 members (excludes halogenated alkanes) is 2. The van der Waals surface area contributed by atoms with Crippen LogP contribution in [0.2, 0.25) is 0 Å². The van der Waals surface area contributed by atoms with Crippen LogP contribution in [0.5, 0.6) is 0 Å². The molecule has 11 atom stereocenters. The number of nitrogens with zero attached hydrogens (tertiary/aromatic N) is 1. The maximum atomic E-state index is 13.6. The molecule has 4 aliphatic rings. The van der Waals surface area contributed by atoms with Gasteiger partial charge >= 0.3 is 18.1 Å². The standard InChI is InChI=1S/C57H81N7O16/c1-33(2)52(63-48(68)11-9-8-10-24-64-50(70)22-23-51(64)71)45(67)26-40(29-59-55(58)74)54(73)61-41-17-15-39(16-18-41)31-76-56(75)60-30-42(66)27-43-28-57(32-77-57)53(72)47(80-43)20-13-34(3)12-19-46-35(4)25-44(37(6)79-46)62-49(69)21-14-36(5)78-38(7)65/h12-18,20-21,33,35-37,40,43-44,46-47,52-53,72H,8-11,19,22-32H2,1-7H3,(H,60,75)(H,61,73)(H,62,69)(H,63,68)(H3,58,59,74)/b20-13+,21-14-,34-12+/t35-,36-,37+,40-,43+,44+,46-,47+,52-,53+,57+/m0/s1. The predicted molar refractivity (Wildman–Crippen MR) is 291 cm³/mol. The maximum absolute atomic E-state index is 13.6. The second kappa shape index (κ2) is 30.7. The fourth-order valence-corrected chi connectivity index (χ4v) is 9.83. The molecular weight excluding hydrogens is 1040 g/mol. The van der Waals surface area contributed by atoms with Crippen LogP contribution in [0, 0.1) is 17.8 Å². The Morgan fingerprint density at radius 3 is 2.29 bits per heavy atom. The fraction of sp³-hybridized carbons (Fsp3) is 0.614. The van der Waals surface area contributed by atoms with Gasteiger partial charge in [-0.05, 0) is 82.1 Å². The molecule has 4 aliphatic heterocycles. The Kier molecular flexibility index (Phi) is 24.5. The number of urea groups is 1. The first-order valence-electron chi connectivity index (χ1n) is 27.6. The quantitative estimate of drug-likeness (QED) is 0.0149. The Bertz CT molecular complexity index is 2460. The third-order valence-electron chi connectivity index (χ3n) is 14.5. The van der Waals surface area contributed by atoms with E-state index in [4.69, 9.17) is 29.4 Å². The number of aliphatic hydroxyl groups is 1. The molecular formula is C57H81N7O16. The van der Waals surface area contributed by atoms with Crippen molar-refractivity contribution in [1.29, 1.82) is 0 Å². The van der Waals surface area contributed by atoms with Gasteiger partial charge in [-0.2, -0.15) is 0 Å². The van der Waals surface area contributed by atoms with Crippen LogP contribution in [0.3, 0.4) is 0 Å². The van der Waals surface area contributed by atoms with Crippen LogP contribution in [0.4, 0.5) is 15.3 Å². The number of benzene rings is 1. The number of amides is 8. The largest absolute Gasteiger partial charge is 0.459 e. The summed E-state index contributed by atoms with van der Waals surface area (Å²) in [5, 5.41) is 24.5. The minimum Gasteiger partial charge on any atom is -0.459 e. The second-order valence-electron chi connectivity index (χ2n) is 21.7. The van der Waals surface area contributed by atoms with Crippen molar-refractivity contribution in [3.63, 3.8) is 0 Å². The molecule has 0 aliphatic carbocycles. The van der Waals surface area contributed by atoms with Crippen LogP contribution in [0.25, 0.3) is 0 Å². The number of alkyl carbamates (subject to hydrolysis) is 1. The highest BCUT2D eigenvalue weighted by molar-refractivity contribution is 6.02. The van der Waals surface area contributed by atoms with Gasteiger partial charge in [0.05, 0.1) is 49.5 Å². The normalized spacial score (nSPS) is 25.0. The Labute approximate surface area is 467 Å². The van der Waals surface area contributed by atoms with Crippen LogP contribution in [-0.2, 0) is 68.6 Å². The molecule has 1 spiro atoms. The number of rotatable bonds is 29. The van der Waals surface area contributed by atoms with Gasteiger partial charge in [0.15, 0.2) is 11.6 Å². The zero-order valence-electron chi connectivity index (χ0n) is 47.0. The van der Waals surface area contributed by atoms with Crippen molar-refractivity contribution in [3.8, 4) is 0 Å².